The van der Waals surface area contributed by atoms with Crippen LogP contribution in [0.4, 0.5) is 0 Å². The lowest BCUT2D eigenvalue weighted by atomic mass is 9.89. The maximum atomic E-state index is 6.48. The second-order valence-corrected chi connectivity index (χ2v) is 16.2. The molecule has 4 nitrogen and oxygen atoms in total. The minimum absolute atomic E-state index is 0.633. The number of imidazole rings is 1. The van der Waals surface area contributed by atoms with E-state index in [-0.39, 0.29) is 0 Å². The second-order valence-electron chi connectivity index (χ2n) is 16.2. The third-order valence-electron chi connectivity index (χ3n) is 12.8. The summed E-state index contributed by atoms with van der Waals surface area (Å²) in [6.07, 6.45) is 1.90. The van der Waals surface area contributed by atoms with Gasteiger partial charge in [0.25, 0.3) is 0 Å². The summed E-state index contributed by atoms with van der Waals surface area (Å²) in [7, 11) is 2.07. The fourth-order valence-electron chi connectivity index (χ4n) is 9.90. The molecule has 284 valence electrons. The highest BCUT2D eigenvalue weighted by Gasteiger charge is 2.18. The van der Waals surface area contributed by atoms with Crippen molar-refractivity contribution in [1.82, 2.24) is 14.5 Å². The van der Waals surface area contributed by atoms with Crippen molar-refractivity contribution in [2.75, 3.05) is 0 Å². The van der Waals surface area contributed by atoms with E-state index in [2.05, 4.69) is 199 Å². The molecule has 0 aliphatic carbocycles. The van der Waals surface area contributed by atoms with Gasteiger partial charge >= 0.3 is 0 Å². The Morgan fingerprint density at radius 1 is 0.393 bits per heavy atom. The molecule has 0 unspecified atom stereocenters. The predicted octanol–water partition coefficient (Wildman–Crippen LogP) is 15.3. The maximum Gasteiger partial charge on any atom is 0.227 e. The average molecular weight is 778 g/mol. The number of aromatic nitrogens is 3. The van der Waals surface area contributed by atoms with E-state index in [1.807, 2.05) is 12.4 Å². The van der Waals surface area contributed by atoms with Gasteiger partial charge in [-0.15, -0.1) is 0 Å². The monoisotopic (exact) mass is 777 g/mol. The highest BCUT2D eigenvalue weighted by atomic mass is 16.3. The molecule has 0 amide bonds. The van der Waals surface area contributed by atoms with Gasteiger partial charge in [-0.2, -0.15) is 0 Å². The first kappa shape index (κ1) is 33.8. The quantitative estimate of drug-likeness (QED) is 0.167. The number of para-hydroxylation sites is 1. The summed E-state index contributed by atoms with van der Waals surface area (Å²) in [4.78, 5) is 9.73. The Labute approximate surface area is 350 Å². The number of hydrogen-bond donors (Lipinski definition) is 0. The minimum atomic E-state index is 0.633. The normalized spacial score (nSPS) is 12.0. The van der Waals surface area contributed by atoms with Gasteiger partial charge < -0.3 is 8.98 Å². The van der Waals surface area contributed by atoms with Gasteiger partial charge in [-0.25, -0.2) is 9.97 Å². The molecule has 0 saturated carbocycles. The fraction of sp³-hybridized carbons (Fsp3) is 0.0175. The molecule has 0 fully saturated rings. The molecule has 0 radical (unpaired) electrons. The van der Waals surface area contributed by atoms with Gasteiger partial charge in [0, 0.05) is 18.2 Å². The van der Waals surface area contributed by atoms with E-state index in [4.69, 9.17) is 9.40 Å². The van der Waals surface area contributed by atoms with Crippen LogP contribution in [0.2, 0.25) is 0 Å². The predicted molar refractivity (Wildman–Crippen MR) is 255 cm³/mol. The van der Waals surface area contributed by atoms with E-state index in [0.717, 1.165) is 44.2 Å². The number of nitrogens with zero attached hydrogens (tertiary/aromatic N) is 3. The number of fused-ring (bicyclic) bond motifs is 12. The van der Waals surface area contributed by atoms with Crippen LogP contribution in [0, 0.1) is 0 Å². The molecule has 0 aliphatic rings. The molecular formula is C57H35N3O. The summed E-state index contributed by atoms with van der Waals surface area (Å²) in [5.74, 6) is 0.633. The largest absolute Gasteiger partial charge is 0.436 e. The topological polar surface area (TPSA) is 43.9 Å². The van der Waals surface area contributed by atoms with Crippen LogP contribution in [0.25, 0.3) is 132 Å². The van der Waals surface area contributed by atoms with E-state index in [1.165, 1.54) is 81.5 Å². The Bertz CT molecular complexity index is 3950. The summed E-state index contributed by atoms with van der Waals surface area (Å²) >= 11 is 0. The molecule has 4 heteroatoms. The van der Waals surface area contributed by atoms with E-state index in [1.54, 1.807) is 0 Å². The van der Waals surface area contributed by atoms with Gasteiger partial charge in [0.1, 0.15) is 5.52 Å². The van der Waals surface area contributed by atoms with Gasteiger partial charge in [0.15, 0.2) is 5.58 Å². The van der Waals surface area contributed by atoms with Crippen LogP contribution in [0.5, 0.6) is 0 Å². The van der Waals surface area contributed by atoms with Crippen molar-refractivity contribution in [3.63, 3.8) is 0 Å². The molecule has 2 aromatic heterocycles. The van der Waals surface area contributed by atoms with Crippen LogP contribution in [0.3, 0.4) is 0 Å². The highest BCUT2D eigenvalue weighted by Crippen LogP contribution is 2.42. The summed E-state index contributed by atoms with van der Waals surface area (Å²) in [5, 5.41) is 14.7. The van der Waals surface area contributed by atoms with Crippen LogP contribution < -0.4 is 0 Å². The molecule has 61 heavy (non-hydrogen) atoms. The molecule has 0 atom stereocenters. The van der Waals surface area contributed by atoms with Gasteiger partial charge in [0.05, 0.1) is 17.4 Å². The van der Waals surface area contributed by atoms with Crippen molar-refractivity contribution in [3.8, 4) is 44.8 Å². The number of benzene rings is 11. The molecule has 0 N–H and O–H groups in total. The molecule has 0 aliphatic heterocycles. The fourth-order valence-corrected chi connectivity index (χ4v) is 9.90. The van der Waals surface area contributed by atoms with Crippen LogP contribution in [0.1, 0.15) is 0 Å². The molecule has 0 bridgehead atoms. The molecule has 11 aromatic carbocycles. The first-order valence-electron chi connectivity index (χ1n) is 20.8. The molecule has 0 saturated heterocycles. The summed E-state index contributed by atoms with van der Waals surface area (Å²) < 4.78 is 8.60. The van der Waals surface area contributed by atoms with Crippen LogP contribution in [0.15, 0.2) is 199 Å². The van der Waals surface area contributed by atoms with Crippen molar-refractivity contribution in [1.29, 1.82) is 0 Å². The standard InChI is InChI=1S/C57H35N3O/c1-60-33-58-51-16-8-15-48(56(51)60)49-30-40-24-22-39-29-37(25-27-43(39)55(40)46-13-6-4-11-44(46)49)34-17-19-35(20-18-34)38-26-28-53-52(32-38)59-57(61-53)50-31-41-23-21-36-9-2-3-10-42(36)54(41)47-14-7-5-12-45(47)50/h2-33H,1H3. The van der Waals surface area contributed by atoms with Crippen molar-refractivity contribution < 1.29 is 4.42 Å². The first-order chi connectivity index (χ1) is 30.1. The molecule has 13 rings (SSSR count). The van der Waals surface area contributed by atoms with Crippen molar-refractivity contribution in [3.05, 3.63) is 194 Å². The van der Waals surface area contributed by atoms with Crippen molar-refractivity contribution >= 4 is 86.8 Å². The number of aryl methyl sites for hydroxylation is 1. The van der Waals surface area contributed by atoms with Gasteiger partial charge in [-0.05, 0) is 129 Å². The van der Waals surface area contributed by atoms with E-state index in [0.29, 0.717) is 5.89 Å². The van der Waals surface area contributed by atoms with Crippen molar-refractivity contribution in [2.24, 2.45) is 7.05 Å². The lowest BCUT2D eigenvalue weighted by molar-refractivity contribution is 0.621. The van der Waals surface area contributed by atoms with Gasteiger partial charge in [0.2, 0.25) is 5.89 Å². The zero-order valence-electron chi connectivity index (χ0n) is 33.2. The Kier molecular flexibility index (Phi) is 7.19. The third kappa shape index (κ3) is 5.19. The minimum Gasteiger partial charge on any atom is -0.436 e. The van der Waals surface area contributed by atoms with Crippen LogP contribution >= 0.6 is 0 Å². The summed E-state index contributed by atoms with van der Waals surface area (Å²) in [5.41, 5.74) is 11.8. The Hall–Kier alpha value is -8.08. The Morgan fingerprint density at radius 2 is 0.967 bits per heavy atom. The average Bonchev–Trinajstić information content (AvgIpc) is 3.93. The Balaban J connectivity index is 0.849. The highest BCUT2D eigenvalue weighted by molar-refractivity contribution is 6.25. The first-order valence-corrected chi connectivity index (χ1v) is 20.8. The molecule has 13 aromatic rings. The smallest absolute Gasteiger partial charge is 0.227 e. The zero-order chi connectivity index (χ0) is 40.2. The lowest BCUT2D eigenvalue weighted by Gasteiger charge is -2.15. The zero-order valence-corrected chi connectivity index (χ0v) is 33.2. The van der Waals surface area contributed by atoms with E-state index >= 15 is 0 Å². The number of hydrogen-bond acceptors (Lipinski definition) is 3. The Morgan fingerprint density at radius 3 is 1.72 bits per heavy atom. The van der Waals surface area contributed by atoms with E-state index < -0.39 is 0 Å². The van der Waals surface area contributed by atoms with Crippen LogP contribution in [-0.4, -0.2) is 14.5 Å². The third-order valence-corrected chi connectivity index (χ3v) is 12.8. The number of rotatable bonds is 4. The van der Waals surface area contributed by atoms with E-state index in [9.17, 15) is 0 Å². The lowest BCUT2D eigenvalue weighted by Crippen LogP contribution is -1.91. The molecule has 2 heterocycles. The van der Waals surface area contributed by atoms with Gasteiger partial charge in [-0.3, -0.25) is 0 Å². The second kappa shape index (κ2) is 13.0. The van der Waals surface area contributed by atoms with Crippen LogP contribution in [-0.2, 0) is 7.05 Å². The molecule has 0 spiro atoms. The molecular weight excluding hydrogens is 743 g/mol. The summed E-state index contributed by atoms with van der Waals surface area (Å²) in [6.45, 7) is 0. The summed E-state index contributed by atoms with van der Waals surface area (Å²) in [6, 6.07) is 68.0. The SMILES string of the molecule is Cn1cnc2cccc(-c3cc4ccc5cc(-c6ccc(-c7ccc8oc(-c9cc%10ccc%11ccccc%11c%10c%10ccccc9%10)nc8c7)cc6)ccc5c4c4ccccc34)c21. The van der Waals surface area contributed by atoms with Gasteiger partial charge in [-0.1, -0.05) is 152 Å². The maximum absolute atomic E-state index is 6.48. The van der Waals surface area contributed by atoms with Crippen molar-refractivity contribution in [2.45, 2.75) is 0 Å². The number of oxazole rings is 1.